The summed E-state index contributed by atoms with van der Waals surface area (Å²) in [7, 11) is -1.98. The Morgan fingerprint density at radius 2 is 1.91 bits per heavy atom. The van der Waals surface area contributed by atoms with Gasteiger partial charge in [-0.25, -0.2) is 12.7 Å². The molecule has 0 saturated carbocycles. The van der Waals surface area contributed by atoms with Gasteiger partial charge in [-0.3, -0.25) is 4.99 Å². The number of benzene rings is 1. The van der Waals surface area contributed by atoms with E-state index in [2.05, 4.69) is 20.9 Å². The fourth-order valence-electron chi connectivity index (χ4n) is 2.80. The molecule has 2 N–H and O–H groups in total. The third-order valence-corrected chi connectivity index (χ3v) is 7.29. The molecule has 0 aliphatic carbocycles. The maximum absolute atomic E-state index is 12.7. The molecule has 1 aromatic carbocycles. The fourth-order valence-corrected chi connectivity index (χ4v) is 4.67. The van der Waals surface area contributed by atoms with Crippen molar-refractivity contribution in [3.05, 3.63) is 33.8 Å². The quantitative estimate of drug-likeness (QED) is 0.803. The van der Waals surface area contributed by atoms with E-state index in [1.165, 1.54) is 4.31 Å². The molecule has 0 saturated heterocycles. The maximum atomic E-state index is 12.7. The first-order chi connectivity index (χ1) is 9.92. The standard InChI is InChI=1S/C15H22BrN3O2S/c1-10-6-7-11(16)8-12(10)15(4)9-19(5)22(20,21)14(2,3)13(17)18-15/h6-8H,9H2,1-5H3,(H2,17,18)/t15-/m0/s1. The first-order valence-electron chi connectivity index (χ1n) is 7.00. The van der Waals surface area contributed by atoms with Crippen LogP contribution in [-0.4, -0.2) is 36.9 Å². The highest BCUT2D eigenvalue weighted by atomic mass is 79.9. The van der Waals surface area contributed by atoms with E-state index in [0.29, 0.717) is 0 Å². The van der Waals surface area contributed by atoms with Crippen molar-refractivity contribution in [2.75, 3.05) is 13.6 Å². The van der Waals surface area contributed by atoms with Crippen molar-refractivity contribution in [1.82, 2.24) is 4.31 Å². The third kappa shape index (κ3) is 2.59. The van der Waals surface area contributed by atoms with Crippen LogP contribution in [0.15, 0.2) is 27.7 Å². The number of rotatable bonds is 1. The van der Waals surface area contributed by atoms with Crippen molar-refractivity contribution in [3.8, 4) is 0 Å². The van der Waals surface area contributed by atoms with Gasteiger partial charge in [-0.1, -0.05) is 22.0 Å². The van der Waals surface area contributed by atoms with Crippen LogP contribution >= 0.6 is 15.9 Å². The van der Waals surface area contributed by atoms with Gasteiger partial charge in [0.25, 0.3) is 0 Å². The number of likely N-dealkylation sites (N-methyl/N-ethyl adjacent to an activating group) is 1. The van der Waals surface area contributed by atoms with E-state index >= 15 is 0 Å². The molecule has 0 bridgehead atoms. The molecule has 1 aliphatic rings. The summed E-state index contributed by atoms with van der Waals surface area (Å²) < 4.78 is 26.4. The Labute approximate surface area is 140 Å². The average Bonchev–Trinajstić information content (AvgIpc) is 2.43. The SMILES string of the molecule is Cc1ccc(Br)cc1[C@]1(C)CN(C)S(=O)(=O)C(C)(C)C(N)=N1. The molecule has 0 amide bonds. The molecule has 0 fully saturated rings. The van der Waals surface area contributed by atoms with Gasteiger partial charge in [0, 0.05) is 18.1 Å². The molecule has 2 rings (SSSR count). The Balaban J connectivity index is 2.71. The van der Waals surface area contributed by atoms with E-state index in [-0.39, 0.29) is 12.4 Å². The molecule has 0 spiro atoms. The summed E-state index contributed by atoms with van der Waals surface area (Å²) in [4.78, 5) is 4.63. The molecule has 1 aliphatic heterocycles. The smallest absolute Gasteiger partial charge is 0.226 e. The van der Waals surface area contributed by atoms with Crippen LogP contribution in [0.5, 0.6) is 0 Å². The normalized spacial score (nSPS) is 28.0. The summed E-state index contributed by atoms with van der Waals surface area (Å²) in [5.41, 5.74) is 7.37. The predicted molar refractivity (Wildman–Crippen MR) is 93.5 cm³/mol. The Kier molecular flexibility index (Phi) is 4.21. The van der Waals surface area contributed by atoms with E-state index in [4.69, 9.17) is 5.73 Å². The van der Waals surface area contributed by atoms with Crippen molar-refractivity contribution in [2.24, 2.45) is 10.7 Å². The minimum atomic E-state index is -3.56. The van der Waals surface area contributed by atoms with Crippen LogP contribution in [0.2, 0.25) is 0 Å². The van der Waals surface area contributed by atoms with Gasteiger partial charge in [-0.2, -0.15) is 0 Å². The van der Waals surface area contributed by atoms with Gasteiger partial charge in [-0.15, -0.1) is 0 Å². The summed E-state index contributed by atoms with van der Waals surface area (Å²) in [6.07, 6.45) is 0. The lowest BCUT2D eigenvalue weighted by atomic mass is 9.88. The molecule has 0 unspecified atom stereocenters. The van der Waals surface area contributed by atoms with Gasteiger partial charge in [0.2, 0.25) is 10.0 Å². The highest BCUT2D eigenvalue weighted by Crippen LogP contribution is 2.36. The monoisotopic (exact) mass is 387 g/mol. The second kappa shape index (κ2) is 5.32. The van der Waals surface area contributed by atoms with E-state index in [0.717, 1.165) is 15.6 Å². The molecule has 0 radical (unpaired) electrons. The molecule has 1 aromatic rings. The number of hydrogen-bond acceptors (Lipinski definition) is 4. The number of nitrogens with zero attached hydrogens (tertiary/aromatic N) is 2. The summed E-state index contributed by atoms with van der Waals surface area (Å²) in [5.74, 6) is 0.138. The molecule has 0 aromatic heterocycles. The number of aliphatic imine (C=N–C) groups is 1. The van der Waals surface area contributed by atoms with Gasteiger partial charge in [0.05, 0.1) is 5.54 Å². The Morgan fingerprint density at radius 1 is 1.32 bits per heavy atom. The summed E-state index contributed by atoms with van der Waals surface area (Å²) in [6.45, 7) is 7.34. The van der Waals surface area contributed by atoms with Crippen LogP contribution in [0, 0.1) is 6.92 Å². The highest BCUT2D eigenvalue weighted by Gasteiger charge is 2.47. The number of nitrogens with two attached hydrogens (primary N) is 1. The molecular weight excluding hydrogens is 366 g/mol. The summed E-state index contributed by atoms with van der Waals surface area (Å²) >= 11 is 3.47. The topological polar surface area (TPSA) is 75.8 Å². The third-order valence-electron chi connectivity index (χ3n) is 4.35. The Morgan fingerprint density at radius 3 is 2.50 bits per heavy atom. The van der Waals surface area contributed by atoms with E-state index < -0.39 is 20.3 Å². The predicted octanol–water partition coefficient (Wildman–Crippen LogP) is 2.38. The number of halogens is 1. The van der Waals surface area contributed by atoms with Gasteiger partial charge >= 0.3 is 0 Å². The number of amidine groups is 1. The second-order valence-corrected chi connectivity index (χ2v) is 10.0. The van der Waals surface area contributed by atoms with Crippen LogP contribution in [0.1, 0.15) is 31.9 Å². The molecule has 5 nitrogen and oxygen atoms in total. The minimum Gasteiger partial charge on any atom is -0.386 e. The van der Waals surface area contributed by atoms with Crippen molar-refractivity contribution in [2.45, 2.75) is 38.0 Å². The van der Waals surface area contributed by atoms with E-state index in [9.17, 15) is 8.42 Å². The number of hydrogen-bond donors (Lipinski definition) is 1. The van der Waals surface area contributed by atoms with Crippen molar-refractivity contribution in [1.29, 1.82) is 0 Å². The second-order valence-electron chi connectivity index (χ2n) is 6.50. The highest BCUT2D eigenvalue weighted by molar-refractivity contribution is 9.10. The van der Waals surface area contributed by atoms with Crippen LogP contribution in [0.25, 0.3) is 0 Å². The summed E-state index contributed by atoms with van der Waals surface area (Å²) in [6, 6.07) is 5.92. The lowest BCUT2D eigenvalue weighted by Crippen LogP contribution is -2.50. The van der Waals surface area contributed by atoms with Gasteiger partial charge in [0.15, 0.2) is 0 Å². The maximum Gasteiger partial charge on any atom is 0.226 e. The largest absolute Gasteiger partial charge is 0.386 e. The minimum absolute atomic E-state index is 0.138. The zero-order chi connectivity index (χ0) is 16.9. The van der Waals surface area contributed by atoms with Crippen LogP contribution < -0.4 is 5.73 Å². The van der Waals surface area contributed by atoms with Crippen LogP contribution in [-0.2, 0) is 15.6 Å². The molecule has 1 atom stereocenters. The molecule has 122 valence electrons. The first kappa shape index (κ1) is 17.4. The molecule has 1 heterocycles. The first-order valence-corrected chi connectivity index (χ1v) is 9.23. The lowest BCUT2D eigenvalue weighted by Gasteiger charge is -2.30. The number of aryl methyl sites for hydroxylation is 1. The lowest BCUT2D eigenvalue weighted by molar-refractivity contribution is 0.363. The van der Waals surface area contributed by atoms with Crippen LogP contribution in [0.4, 0.5) is 0 Å². The zero-order valence-electron chi connectivity index (χ0n) is 13.5. The molecule has 7 heteroatoms. The summed E-state index contributed by atoms with van der Waals surface area (Å²) in [5, 5.41) is 0. The van der Waals surface area contributed by atoms with E-state index in [1.807, 2.05) is 32.0 Å². The van der Waals surface area contributed by atoms with Crippen LogP contribution in [0.3, 0.4) is 0 Å². The van der Waals surface area contributed by atoms with Crippen molar-refractivity contribution in [3.63, 3.8) is 0 Å². The Hall–Kier alpha value is -0.920. The van der Waals surface area contributed by atoms with Gasteiger partial charge < -0.3 is 5.73 Å². The van der Waals surface area contributed by atoms with Crippen molar-refractivity contribution >= 4 is 31.8 Å². The van der Waals surface area contributed by atoms with E-state index in [1.54, 1.807) is 20.9 Å². The average molecular weight is 388 g/mol. The fraction of sp³-hybridized carbons (Fsp3) is 0.533. The van der Waals surface area contributed by atoms with Gasteiger partial charge in [-0.05, 0) is 51.0 Å². The number of sulfonamides is 1. The van der Waals surface area contributed by atoms with Gasteiger partial charge in [0.1, 0.15) is 10.6 Å². The van der Waals surface area contributed by atoms with Crippen molar-refractivity contribution < 1.29 is 8.42 Å². The molecular formula is C15H22BrN3O2S. The Bertz CT molecular complexity index is 743. The molecule has 22 heavy (non-hydrogen) atoms. The zero-order valence-corrected chi connectivity index (χ0v) is 15.9.